The van der Waals surface area contributed by atoms with Gasteiger partial charge in [0, 0.05) is 22.7 Å². The number of nitro benzene ring substituents is 1. The number of halogens is 1. The van der Waals surface area contributed by atoms with Crippen LogP contribution in [0.2, 0.25) is 5.02 Å². The fourth-order valence-electron chi connectivity index (χ4n) is 1.62. The molecule has 1 fully saturated rings. The van der Waals surface area contributed by atoms with Gasteiger partial charge in [-0.3, -0.25) is 10.1 Å². The molecule has 7 heteroatoms. The van der Waals surface area contributed by atoms with Gasteiger partial charge in [0.2, 0.25) is 0 Å². The normalized spacial score (nSPS) is 21.4. The van der Waals surface area contributed by atoms with Gasteiger partial charge in [0.15, 0.2) is 6.10 Å². The van der Waals surface area contributed by atoms with Crippen molar-refractivity contribution in [1.29, 1.82) is 0 Å². The SMILES string of the molecule is CCOC(=O)[C@H]1O[C@@H]1c1cc([N+](=O)[O-])ccc1Cl. The van der Waals surface area contributed by atoms with Crippen molar-refractivity contribution in [3.8, 4) is 0 Å². The highest BCUT2D eigenvalue weighted by Gasteiger charge is 2.48. The van der Waals surface area contributed by atoms with Crippen LogP contribution in [0.25, 0.3) is 0 Å². The molecular weight excluding hydrogens is 262 g/mol. The maximum Gasteiger partial charge on any atom is 0.338 e. The van der Waals surface area contributed by atoms with Crippen LogP contribution >= 0.6 is 11.6 Å². The molecule has 0 aromatic heterocycles. The van der Waals surface area contributed by atoms with Crippen LogP contribution < -0.4 is 0 Å². The summed E-state index contributed by atoms with van der Waals surface area (Å²) in [7, 11) is 0. The molecule has 1 aliphatic rings. The van der Waals surface area contributed by atoms with Gasteiger partial charge in [-0.15, -0.1) is 0 Å². The largest absolute Gasteiger partial charge is 0.464 e. The summed E-state index contributed by atoms with van der Waals surface area (Å²) in [6.07, 6.45) is -1.28. The molecule has 1 aliphatic heterocycles. The number of benzene rings is 1. The molecule has 0 radical (unpaired) electrons. The van der Waals surface area contributed by atoms with E-state index >= 15 is 0 Å². The summed E-state index contributed by atoms with van der Waals surface area (Å²) in [5.41, 5.74) is 0.344. The zero-order chi connectivity index (χ0) is 13.3. The Hall–Kier alpha value is -1.66. The molecule has 0 unspecified atom stereocenters. The molecule has 2 rings (SSSR count). The molecule has 1 aromatic rings. The predicted octanol–water partition coefficient (Wildman–Crippen LogP) is 2.25. The Balaban J connectivity index is 2.18. The Bertz CT molecular complexity index is 504. The predicted molar refractivity (Wildman–Crippen MR) is 62.4 cm³/mol. The molecule has 0 bridgehead atoms. The highest BCUT2D eigenvalue weighted by Crippen LogP contribution is 2.43. The van der Waals surface area contributed by atoms with E-state index < -0.39 is 23.1 Å². The first-order chi connectivity index (χ1) is 8.54. The minimum Gasteiger partial charge on any atom is -0.464 e. The van der Waals surface area contributed by atoms with Gasteiger partial charge in [-0.2, -0.15) is 0 Å². The van der Waals surface area contributed by atoms with Crippen molar-refractivity contribution < 1.29 is 19.2 Å². The first-order valence-electron chi connectivity index (χ1n) is 5.30. The molecule has 1 heterocycles. The van der Waals surface area contributed by atoms with Crippen molar-refractivity contribution in [3.63, 3.8) is 0 Å². The minimum absolute atomic E-state index is 0.0903. The second kappa shape index (κ2) is 4.91. The maximum absolute atomic E-state index is 11.4. The number of ether oxygens (including phenoxy) is 2. The number of rotatable bonds is 4. The summed E-state index contributed by atoms with van der Waals surface area (Å²) in [4.78, 5) is 21.5. The Labute approximate surface area is 108 Å². The van der Waals surface area contributed by atoms with Crippen molar-refractivity contribution in [2.45, 2.75) is 19.1 Å². The number of non-ortho nitro benzene ring substituents is 1. The van der Waals surface area contributed by atoms with Gasteiger partial charge in [0.05, 0.1) is 11.5 Å². The number of hydrogen-bond donors (Lipinski definition) is 0. The molecule has 0 spiro atoms. The third-order valence-electron chi connectivity index (χ3n) is 2.51. The summed E-state index contributed by atoms with van der Waals surface area (Å²) in [5.74, 6) is -0.481. The highest BCUT2D eigenvalue weighted by atomic mass is 35.5. The molecule has 1 saturated heterocycles. The summed E-state index contributed by atoms with van der Waals surface area (Å²) < 4.78 is 9.95. The molecule has 0 amide bonds. The topological polar surface area (TPSA) is 82.0 Å². The van der Waals surface area contributed by atoms with Gasteiger partial charge in [-0.05, 0) is 13.0 Å². The fraction of sp³-hybridized carbons (Fsp3) is 0.364. The molecule has 0 aliphatic carbocycles. The number of nitro groups is 1. The summed E-state index contributed by atoms with van der Waals surface area (Å²) >= 11 is 5.93. The number of nitrogens with zero attached hydrogens (tertiary/aromatic N) is 1. The van der Waals surface area contributed by atoms with Crippen molar-refractivity contribution in [3.05, 3.63) is 38.9 Å². The molecule has 6 nitrogen and oxygen atoms in total. The number of carbonyl (C=O) groups is 1. The molecule has 96 valence electrons. The van der Waals surface area contributed by atoms with Gasteiger partial charge >= 0.3 is 5.97 Å². The number of carbonyl (C=O) groups excluding carboxylic acids is 1. The van der Waals surface area contributed by atoms with Crippen LogP contribution in [0, 0.1) is 10.1 Å². The third kappa shape index (κ3) is 2.44. The lowest BCUT2D eigenvalue weighted by atomic mass is 10.1. The van der Waals surface area contributed by atoms with E-state index in [1.807, 2.05) is 0 Å². The average Bonchev–Trinajstić information content (AvgIpc) is 3.09. The van der Waals surface area contributed by atoms with Crippen LogP contribution in [0.15, 0.2) is 18.2 Å². The van der Waals surface area contributed by atoms with Crippen LogP contribution in [0.4, 0.5) is 5.69 Å². The van der Waals surface area contributed by atoms with Gasteiger partial charge < -0.3 is 9.47 Å². The summed E-state index contributed by atoms with van der Waals surface area (Å²) in [6.45, 7) is 1.95. The van der Waals surface area contributed by atoms with Crippen LogP contribution in [0.1, 0.15) is 18.6 Å². The lowest BCUT2D eigenvalue weighted by Crippen LogP contribution is -2.12. The number of epoxide rings is 1. The number of esters is 1. The van der Waals surface area contributed by atoms with Crippen molar-refractivity contribution in [2.75, 3.05) is 6.61 Å². The van der Waals surface area contributed by atoms with Crippen molar-refractivity contribution in [1.82, 2.24) is 0 Å². The second-order valence-corrected chi connectivity index (χ2v) is 4.10. The Kier molecular flexibility index (Phi) is 3.49. The Morgan fingerprint density at radius 2 is 2.33 bits per heavy atom. The summed E-state index contributed by atoms with van der Waals surface area (Å²) in [5, 5.41) is 11.0. The minimum atomic E-state index is -0.718. The van der Waals surface area contributed by atoms with E-state index in [0.717, 1.165) is 0 Å². The Morgan fingerprint density at radius 1 is 1.61 bits per heavy atom. The van der Waals surface area contributed by atoms with Crippen LogP contribution in [0.3, 0.4) is 0 Å². The van der Waals surface area contributed by atoms with Crippen LogP contribution in [-0.4, -0.2) is 23.6 Å². The molecule has 0 saturated carbocycles. The zero-order valence-electron chi connectivity index (χ0n) is 9.46. The standard InChI is InChI=1S/C11H10ClNO5/c1-2-17-11(14)10-9(18-10)7-5-6(13(15)16)3-4-8(7)12/h3-5,9-10H,2H2,1H3/t9-,10+/m1/s1. The monoisotopic (exact) mass is 271 g/mol. The van der Waals surface area contributed by atoms with E-state index in [9.17, 15) is 14.9 Å². The van der Waals surface area contributed by atoms with Crippen molar-refractivity contribution in [2.24, 2.45) is 0 Å². The van der Waals surface area contributed by atoms with Gasteiger partial charge in [0.25, 0.3) is 5.69 Å². The molecule has 1 aromatic carbocycles. The highest BCUT2D eigenvalue weighted by molar-refractivity contribution is 6.31. The molecular formula is C11H10ClNO5. The lowest BCUT2D eigenvalue weighted by molar-refractivity contribution is -0.384. The zero-order valence-corrected chi connectivity index (χ0v) is 10.2. The maximum atomic E-state index is 11.4. The fourth-order valence-corrected chi connectivity index (χ4v) is 1.84. The number of hydrogen-bond acceptors (Lipinski definition) is 5. The average molecular weight is 272 g/mol. The van der Waals surface area contributed by atoms with Crippen LogP contribution in [0.5, 0.6) is 0 Å². The van der Waals surface area contributed by atoms with Gasteiger partial charge in [0.1, 0.15) is 6.10 Å². The molecule has 18 heavy (non-hydrogen) atoms. The second-order valence-electron chi connectivity index (χ2n) is 3.69. The summed E-state index contributed by atoms with van der Waals surface area (Å²) in [6, 6.07) is 4.03. The van der Waals surface area contributed by atoms with Crippen LogP contribution in [-0.2, 0) is 14.3 Å². The molecule has 2 atom stereocenters. The van der Waals surface area contributed by atoms with E-state index in [1.165, 1.54) is 18.2 Å². The van der Waals surface area contributed by atoms with E-state index in [1.54, 1.807) is 6.92 Å². The smallest absolute Gasteiger partial charge is 0.338 e. The molecule has 0 N–H and O–H groups in total. The third-order valence-corrected chi connectivity index (χ3v) is 2.85. The van der Waals surface area contributed by atoms with E-state index in [-0.39, 0.29) is 12.3 Å². The lowest BCUT2D eigenvalue weighted by Gasteiger charge is -2.00. The van der Waals surface area contributed by atoms with E-state index in [2.05, 4.69) is 0 Å². The first-order valence-corrected chi connectivity index (χ1v) is 5.68. The quantitative estimate of drug-likeness (QED) is 0.363. The van der Waals surface area contributed by atoms with E-state index in [0.29, 0.717) is 10.6 Å². The van der Waals surface area contributed by atoms with E-state index in [4.69, 9.17) is 21.1 Å². The Morgan fingerprint density at radius 3 is 2.94 bits per heavy atom. The van der Waals surface area contributed by atoms with Gasteiger partial charge in [-0.1, -0.05) is 11.6 Å². The van der Waals surface area contributed by atoms with Crippen molar-refractivity contribution >= 4 is 23.3 Å². The van der Waals surface area contributed by atoms with Gasteiger partial charge in [-0.25, -0.2) is 4.79 Å². The first kappa shape index (κ1) is 12.8.